The highest BCUT2D eigenvalue weighted by atomic mass is 16.6. The maximum absolute atomic E-state index is 11.8. The monoisotopic (exact) mass is 242 g/mol. The van der Waals surface area contributed by atoms with Gasteiger partial charge in [-0.1, -0.05) is 13.8 Å². The molecule has 2 aliphatic rings. The number of carbonyl (C=O) groups excluding carboxylic acids is 1. The van der Waals surface area contributed by atoms with Gasteiger partial charge in [-0.3, -0.25) is 0 Å². The van der Waals surface area contributed by atoms with E-state index in [0.717, 1.165) is 13.1 Å². The average molecular weight is 242 g/mol. The molecule has 0 aromatic carbocycles. The van der Waals surface area contributed by atoms with Crippen LogP contribution in [0, 0.1) is 0 Å². The molecule has 0 aliphatic carbocycles. The Bertz CT molecular complexity index is 249. The van der Waals surface area contributed by atoms with E-state index in [-0.39, 0.29) is 11.7 Å². The Hall–Kier alpha value is -0.770. The lowest BCUT2D eigenvalue weighted by molar-refractivity contribution is 0.0189. The molecule has 0 radical (unpaired) electrons. The van der Waals surface area contributed by atoms with Gasteiger partial charge in [0.1, 0.15) is 5.60 Å². The van der Waals surface area contributed by atoms with Crippen molar-refractivity contribution in [2.24, 2.45) is 0 Å². The molecule has 0 spiro atoms. The van der Waals surface area contributed by atoms with Crippen molar-refractivity contribution in [3.63, 3.8) is 0 Å². The van der Waals surface area contributed by atoms with Crippen LogP contribution < -0.4 is 5.32 Å². The number of fused-ring (bicyclic) bond motifs is 2. The van der Waals surface area contributed by atoms with Crippen LogP contribution in [0.5, 0.6) is 0 Å². The van der Waals surface area contributed by atoms with Crippen molar-refractivity contribution in [3.8, 4) is 0 Å². The Morgan fingerprint density at radius 2 is 1.65 bits per heavy atom. The number of nitrogens with one attached hydrogen (secondary N) is 1. The molecule has 4 heteroatoms. The van der Waals surface area contributed by atoms with Gasteiger partial charge in [0, 0.05) is 25.2 Å². The van der Waals surface area contributed by atoms with Crippen molar-refractivity contribution in [2.75, 3.05) is 13.1 Å². The fraction of sp³-hybridized carbons (Fsp3) is 0.923. The standard InChI is InChI=1S/C11H20N2O2.C2H6/c1-11(2,3)15-10(14)13-6-8-4-5-9(7-13)12-8;1-2/h8-9,12H,4-7H2,1-3H3;1-2H3. The Morgan fingerprint density at radius 3 is 2.06 bits per heavy atom. The Labute approximate surface area is 105 Å². The second-order valence-electron chi connectivity index (χ2n) is 5.52. The highest BCUT2D eigenvalue weighted by Crippen LogP contribution is 2.21. The average Bonchev–Trinajstić information content (AvgIpc) is 2.58. The second-order valence-corrected chi connectivity index (χ2v) is 5.52. The quantitative estimate of drug-likeness (QED) is 0.709. The Morgan fingerprint density at radius 1 is 1.18 bits per heavy atom. The summed E-state index contributed by atoms with van der Waals surface area (Å²) in [6, 6.07) is 0.965. The molecule has 2 rings (SSSR count). The van der Waals surface area contributed by atoms with Crippen LogP contribution in [0.4, 0.5) is 4.79 Å². The molecule has 1 N–H and O–H groups in total. The zero-order valence-electron chi connectivity index (χ0n) is 11.7. The summed E-state index contributed by atoms with van der Waals surface area (Å²) in [5.41, 5.74) is -0.388. The van der Waals surface area contributed by atoms with Gasteiger partial charge in [0.05, 0.1) is 0 Å². The van der Waals surface area contributed by atoms with Crippen LogP contribution in [0.2, 0.25) is 0 Å². The minimum absolute atomic E-state index is 0.166. The van der Waals surface area contributed by atoms with E-state index < -0.39 is 0 Å². The Balaban J connectivity index is 0.000000686. The molecule has 2 bridgehead atoms. The lowest BCUT2D eigenvalue weighted by Gasteiger charge is -2.34. The molecule has 100 valence electrons. The van der Waals surface area contributed by atoms with Gasteiger partial charge in [-0.05, 0) is 33.6 Å². The third kappa shape index (κ3) is 4.19. The number of hydrogen-bond donors (Lipinski definition) is 1. The van der Waals surface area contributed by atoms with E-state index in [2.05, 4.69) is 5.32 Å². The molecule has 2 aliphatic heterocycles. The van der Waals surface area contributed by atoms with Gasteiger partial charge in [0.15, 0.2) is 0 Å². The first-order valence-corrected chi connectivity index (χ1v) is 6.68. The lowest BCUT2D eigenvalue weighted by Crippen LogP contribution is -2.53. The summed E-state index contributed by atoms with van der Waals surface area (Å²) in [6.45, 7) is 11.3. The van der Waals surface area contributed by atoms with Gasteiger partial charge in [0.25, 0.3) is 0 Å². The number of carbonyl (C=O) groups is 1. The zero-order chi connectivity index (χ0) is 13.1. The highest BCUT2D eigenvalue weighted by Gasteiger charge is 2.35. The SMILES string of the molecule is CC.CC(C)(C)OC(=O)N1CC2CCC(C1)N2. The molecule has 2 unspecified atom stereocenters. The highest BCUT2D eigenvalue weighted by molar-refractivity contribution is 5.68. The van der Waals surface area contributed by atoms with Crippen LogP contribution in [0.25, 0.3) is 0 Å². The zero-order valence-corrected chi connectivity index (χ0v) is 11.7. The van der Waals surface area contributed by atoms with Gasteiger partial charge < -0.3 is 15.0 Å². The van der Waals surface area contributed by atoms with Crippen molar-refractivity contribution in [1.82, 2.24) is 10.2 Å². The molecule has 2 atom stereocenters. The Kier molecular flexibility index (Phi) is 4.80. The van der Waals surface area contributed by atoms with Crippen molar-refractivity contribution in [3.05, 3.63) is 0 Å². The largest absolute Gasteiger partial charge is 0.444 e. The third-order valence-corrected chi connectivity index (χ3v) is 2.87. The van der Waals surface area contributed by atoms with Crippen molar-refractivity contribution in [2.45, 2.75) is 65.1 Å². The predicted octanol–water partition coefficient (Wildman–Crippen LogP) is 2.38. The summed E-state index contributed by atoms with van der Waals surface area (Å²) >= 11 is 0. The molecular formula is C13H26N2O2. The van der Waals surface area contributed by atoms with Gasteiger partial charge in [-0.25, -0.2) is 4.79 Å². The predicted molar refractivity (Wildman–Crippen MR) is 69.1 cm³/mol. The number of nitrogens with zero attached hydrogens (tertiary/aromatic N) is 1. The van der Waals surface area contributed by atoms with E-state index in [1.54, 1.807) is 0 Å². The van der Waals surface area contributed by atoms with E-state index in [4.69, 9.17) is 4.74 Å². The van der Waals surface area contributed by atoms with E-state index in [0.29, 0.717) is 12.1 Å². The number of hydrogen-bond acceptors (Lipinski definition) is 3. The first kappa shape index (κ1) is 14.3. The maximum Gasteiger partial charge on any atom is 0.410 e. The minimum Gasteiger partial charge on any atom is -0.444 e. The van der Waals surface area contributed by atoms with E-state index >= 15 is 0 Å². The van der Waals surface area contributed by atoms with Gasteiger partial charge >= 0.3 is 6.09 Å². The first-order valence-electron chi connectivity index (χ1n) is 6.68. The molecule has 1 amide bonds. The minimum atomic E-state index is -0.388. The first-order chi connectivity index (χ1) is 7.94. The summed E-state index contributed by atoms with van der Waals surface area (Å²) in [5.74, 6) is 0. The van der Waals surface area contributed by atoms with E-state index in [1.807, 2.05) is 39.5 Å². The fourth-order valence-electron chi connectivity index (χ4n) is 2.27. The molecular weight excluding hydrogens is 216 g/mol. The lowest BCUT2D eigenvalue weighted by atomic mass is 10.2. The van der Waals surface area contributed by atoms with E-state index in [1.165, 1.54) is 12.8 Å². The number of likely N-dealkylation sites (tertiary alicyclic amines) is 1. The summed E-state index contributed by atoms with van der Waals surface area (Å²) in [4.78, 5) is 13.6. The second kappa shape index (κ2) is 5.71. The molecule has 0 saturated carbocycles. The van der Waals surface area contributed by atoms with Gasteiger partial charge in [-0.2, -0.15) is 0 Å². The van der Waals surface area contributed by atoms with Crippen LogP contribution in [-0.2, 0) is 4.74 Å². The maximum atomic E-state index is 11.8. The number of amides is 1. The number of ether oxygens (including phenoxy) is 1. The summed E-state index contributed by atoms with van der Waals surface area (Å²) in [5, 5.41) is 3.49. The molecule has 17 heavy (non-hydrogen) atoms. The van der Waals surface area contributed by atoms with E-state index in [9.17, 15) is 4.79 Å². The third-order valence-electron chi connectivity index (χ3n) is 2.87. The summed E-state index contributed by atoms with van der Waals surface area (Å²) < 4.78 is 5.36. The smallest absolute Gasteiger partial charge is 0.410 e. The van der Waals surface area contributed by atoms with Crippen LogP contribution in [0.15, 0.2) is 0 Å². The van der Waals surface area contributed by atoms with Gasteiger partial charge in [0.2, 0.25) is 0 Å². The van der Waals surface area contributed by atoms with Crippen LogP contribution >= 0.6 is 0 Å². The van der Waals surface area contributed by atoms with Crippen molar-refractivity contribution < 1.29 is 9.53 Å². The van der Waals surface area contributed by atoms with Crippen molar-refractivity contribution in [1.29, 1.82) is 0 Å². The number of rotatable bonds is 0. The van der Waals surface area contributed by atoms with Crippen molar-refractivity contribution >= 4 is 6.09 Å². The molecule has 4 nitrogen and oxygen atoms in total. The van der Waals surface area contributed by atoms with Crippen LogP contribution in [0.1, 0.15) is 47.5 Å². The normalized spacial score (nSPS) is 27.2. The summed E-state index contributed by atoms with van der Waals surface area (Å²) in [7, 11) is 0. The fourth-order valence-corrected chi connectivity index (χ4v) is 2.27. The van der Waals surface area contributed by atoms with Crippen LogP contribution in [0.3, 0.4) is 0 Å². The number of piperazine rings is 1. The molecule has 0 aromatic heterocycles. The molecule has 2 fully saturated rings. The van der Waals surface area contributed by atoms with Gasteiger partial charge in [-0.15, -0.1) is 0 Å². The molecule has 2 saturated heterocycles. The van der Waals surface area contributed by atoms with Crippen LogP contribution in [-0.4, -0.2) is 41.8 Å². The topological polar surface area (TPSA) is 41.6 Å². The molecule has 2 heterocycles. The molecule has 0 aromatic rings. The summed E-state index contributed by atoms with van der Waals surface area (Å²) in [6.07, 6.45) is 2.20.